The molecule has 0 aromatic carbocycles. The first-order valence-corrected chi connectivity index (χ1v) is 6.90. The number of thiophene rings is 1. The fourth-order valence-corrected chi connectivity index (χ4v) is 2.22. The van der Waals surface area contributed by atoms with Gasteiger partial charge in [0.2, 0.25) is 5.91 Å². The molecule has 1 N–H and O–H groups in total. The molecule has 0 radical (unpaired) electrons. The van der Waals surface area contributed by atoms with Crippen molar-refractivity contribution in [2.75, 3.05) is 6.54 Å². The molecule has 90 valence electrons. The molecule has 0 aliphatic rings. The molecule has 0 spiro atoms. The fourth-order valence-electron chi connectivity index (χ4n) is 1.52. The average molecular weight is 239 g/mol. The number of hydrogen-bond donors (Lipinski definition) is 1. The molecule has 0 saturated heterocycles. The Bertz CT molecular complexity index is 293. The third-order valence-electron chi connectivity index (χ3n) is 2.50. The van der Waals surface area contributed by atoms with Crippen LogP contribution in [0, 0.1) is 5.92 Å². The minimum absolute atomic E-state index is 0.176. The first-order valence-electron chi connectivity index (χ1n) is 5.96. The summed E-state index contributed by atoms with van der Waals surface area (Å²) < 4.78 is 0. The van der Waals surface area contributed by atoms with Gasteiger partial charge in [0, 0.05) is 13.0 Å². The van der Waals surface area contributed by atoms with Gasteiger partial charge in [0.25, 0.3) is 0 Å². The zero-order valence-corrected chi connectivity index (χ0v) is 11.0. The van der Waals surface area contributed by atoms with Gasteiger partial charge in [-0.1, -0.05) is 13.8 Å². The molecule has 1 rings (SSSR count). The van der Waals surface area contributed by atoms with Crippen molar-refractivity contribution in [2.45, 2.75) is 39.5 Å². The van der Waals surface area contributed by atoms with Gasteiger partial charge in [0.05, 0.1) is 0 Å². The lowest BCUT2D eigenvalue weighted by Crippen LogP contribution is -2.24. The lowest BCUT2D eigenvalue weighted by molar-refractivity contribution is -0.121. The van der Waals surface area contributed by atoms with Crippen LogP contribution in [0.4, 0.5) is 0 Å². The Morgan fingerprint density at radius 1 is 1.50 bits per heavy atom. The highest BCUT2D eigenvalue weighted by molar-refractivity contribution is 7.07. The molecule has 1 heterocycles. The monoisotopic (exact) mass is 239 g/mol. The number of aryl methyl sites for hydroxylation is 1. The second-order valence-corrected chi connectivity index (χ2v) is 5.30. The van der Waals surface area contributed by atoms with Crippen LogP contribution >= 0.6 is 11.3 Å². The number of hydrogen-bond acceptors (Lipinski definition) is 2. The second kappa shape index (κ2) is 7.44. The molecule has 2 nitrogen and oxygen atoms in total. The summed E-state index contributed by atoms with van der Waals surface area (Å²) in [4.78, 5) is 11.5. The number of rotatable bonds is 7. The van der Waals surface area contributed by atoms with E-state index in [4.69, 9.17) is 0 Å². The summed E-state index contributed by atoms with van der Waals surface area (Å²) in [6.07, 6.45) is 3.74. The molecule has 0 bridgehead atoms. The predicted octanol–water partition coefficient (Wildman–Crippen LogP) is 3.23. The molecule has 16 heavy (non-hydrogen) atoms. The van der Waals surface area contributed by atoms with E-state index < -0.39 is 0 Å². The van der Waals surface area contributed by atoms with Gasteiger partial charge in [-0.25, -0.2) is 0 Å². The first-order chi connectivity index (χ1) is 7.68. The molecule has 0 aliphatic heterocycles. The van der Waals surface area contributed by atoms with E-state index in [1.807, 2.05) is 0 Å². The third-order valence-corrected chi connectivity index (χ3v) is 3.23. The van der Waals surface area contributed by atoms with E-state index in [0.29, 0.717) is 6.42 Å². The van der Waals surface area contributed by atoms with E-state index in [1.54, 1.807) is 11.3 Å². The van der Waals surface area contributed by atoms with E-state index in [0.717, 1.165) is 25.3 Å². The molecule has 0 unspecified atom stereocenters. The van der Waals surface area contributed by atoms with E-state index in [1.165, 1.54) is 12.0 Å². The lowest BCUT2D eigenvalue weighted by atomic mass is 10.1. The van der Waals surface area contributed by atoms with Crippen LogP contribution in [0.15, 0.2) is 16.8 Å². The fraction of sp³-hybridized carbons (Fsp3) is 0.615. The maximum atomic E-state index is 11.5. The van der Waals surface area contributed by atoms with Crippen molar-refractivity contribution in [1.82, 2.24) is 5.32 Å². The molecule has 1 aromatic rings. The number of nitrogens with one attached hydrogen (secondary N) is 1. The van der Waals surface area contributed by atoms with E-state index in [-0.39, 0.29) is 5.91 Å². The highest BCUT2D eigenvalue weighted by Gasteiger charge is 2.02. The Kier molecular flexibility index (Phi) is 6.16. The van der Waals surface area contributed by atoms with Gasteiger partial charge in [-0.2, -0.15) is 11.3 Å². The number of carbonyl (C=O) groups excluding carboxylic acids is 1. The smallest absolute Gasteiger partial charge is 0.220 e. The normalized spacial score (nSPS) is 10.7. The van der Waals surface area contributed by atoms with E-state index in [9.17, 15) is 4.79 Å². The summed E-state index contributed by atoms with van der Waals surface area (Å²) in [6.45, 7) is 5.23. The zero-order chi connectivity index (χ0) is 11.8. The third kappa shape index (κ3) is 5.91. The molecular weight excluding hydrogens is 218 g/mol. The first kappa shape index (κ1) is 13.2. The van der Waals surface area contributed by atoms with Gasteiger partial charge in [-0.05, 0) is 47.6 Å². The maximum absolute atomic E-state index is 11.5. The standard InChI is InChI=1S/C13H21NOS/c1-11(2)4-3-8-14-13(15)6-5-12-7-9-16-10-12/h7,9-11H,3-6,8H2,1-2H3,(H,14,15). The van der Waals surface area contributed by atoms with E-state index in [2.05, 4.69) is 36.0 Å². The van der Waals surface area contributed by atoms with E-state index >= 15 is 0 Å². The van der Waals surface area contributed by atoms with Crippen LogP contribution in [0.5, 0.6) is 0 Å². The molecular formula is C13H21NOS. The summed E-state index contributed by atoms with van der Waals surface area (Å²) in [5, 5.41) is 7.12. The number of carbonyl (C=O) groups is 1. The molecule has 0 fully saturated rings. The second-order valence-electron chi connectivity index (χ2n) is 4.52. The zero-order valence-electron chi connectivity index (χ0n) is 10.2. The Balaban J connectivity index is 2.03. The Morgan fingerprint density at radius 2 is 2.31 bits per heavy atom. The van der Waals surface area contributed by atoms with Crippen LogP contribution in [-0.2, 0) is 11.2 Å². The molecule has 1 aromatic heterocycles. The topological polar surface area (TPSA) is 29.1 Å². The van der Waals surface area contributed by atoms with Crippen molar-refractivity contribution in [1.29, 1.82) is 0 Å². The van der Waals surface area contributed by atoms with Crippen LogP contribution in [0.2, 0.25) is 0 Å². The van der Waals surface area contributed by atoms with Crippen molar-refractivity contribution in [3.63, 3.8) is 0 Å². The van der Waals surface area contributed by atoms with Gasteiger partial charge in [-0.15, -0.1) is 0 Å². The summed E-state index contributed by atoms with van der Waals surface area (Å²) in [5.41, 5.74) is 1.27. The minimum Gasteiger partial charge on any atom is -0.356 e. The highest BCUT2D eigenvalue weighted by Crippen LogP contribution is 2.08. The quantitative estimate of drug-likeness (QED) is 0.727. The minimum atomic E-state index is 0.176. The Morgan fingerprint density at radius 3 is 2.94 bits per heavy atom. The van der Waals surface area contributed by atoms with Crippen LogP contribution in [0.3, 0.4) is 0 Å². The Hall–Kier alpha value is -0.830. The van der Waals surface area contributed by atoms with Crippen LogP contribution in [0.25, 0.3) is 0 Å². The summed E-state index contributed by atoms with van der Waals surface area (Å²) >= 11 is 1.68. The molecule has 0 saturated carbocycles. The van der Waals surface area contributed by atoms with Crippen molar-refractivity contribution in [3.05, 3.63) is 22.4 Å². The average Bonchev–Trinajstić information content (AvgIpc) is 2.74. The molecule has 3 heteroatoms. The largest absolute Gasteiger partial charge is 0.356 e. The van der Waals surface area contributed by atoms with Crippen molar-refractivity contribution >= 4 is 17.2 Å². The summed E-state index contributed by atoms with van der Waals surface area (Å²) in [6, 6.07) is 2.08. The van der Waals surface area contributed by atoms with Gasteiger partial charge in [-0.3, -0.25) is 4.79 Å². The van der Waals surface area contributed by atoms with Gasteiger partial charge < -0.3 is 5.32 Å². The van der Waals surface area contributed by atoms with Gasteiger partial charge in [0.1, 0.15) is 0 Å². The summed E-state index contributed by atoms with van der Waals surface area (Å²) in [5.74, 6) is 0.901. The summed E-state index contributed by atoms with van der Waals surface area (Å²) in [7, 11) is 0. The maximum Gasteiger partial charge on any atom is 0.220 e. The van der Waals surface area contributed by atoms with Crippen molar-refractivity contribution in [3.8, 4) is 0 Å². The van der Waals surface area contributed by atoms with Gasteiger partial charge >= 0.3 is 0 Å². The predicted molar refractivity (Wildman–Crippen MR) is 69.7 cm³/mol. The number of amides is 1. The molecule has 0 aliphatic carbocycles. The SMILES string of the molecule is CC(C)CCCNC(=O)CCc1ccsc1. The van der Waals surface area contributed by atoms with Crippen molar-refractivity contribution < 1.29 is 4.79 Å². The molecule has 1 amide bonds. The van der Waals surface area contributed by atoms with Crippen LogP contribution in [0.1, 0.15) is 38.7 Å². The Labute approximate surface area is 102 Å². The van der Waals surface area contributed by atoms with Crippen molar-refractivity contribution in [2.24, 2.45) is 5.92 Å². The highest BCUT2D eigenvalue weighted by atomic mass is 32.1. The lowest BCUT2D eigenvalue weighted by Gasteiger charge is -2.06. The van der Waals surface area contributed by atoms with Crippen LogP contribution in [-0.4, -0.2) is 12.5 Å². The van der Waals surface area contributed by atoms with Crippen LogP contribution < -0.4 is 5.32 Å². The molecule has 0 atom stereocenters. The van der Waals surface area contributed by atoms with Gasteiger partial charge in [0.15, 0.2) is 0 Å².